The molecule has 1 fully saturated rings. The van der Waals surface area contributed by atoms with Crippen LogP contribution in [0.1, 0.15) is 25.3 Å². The van der Waals surface area contributed by atoms with E-state index in [0.29, 0.717) is 6.04 Å². The van der Waals surface area contributed by atoms with E-state index >= 15 is 0 Å². The van der Waals surface area contributed by atoms with Crippen LogP contribution < -0.4 is 15.5 Å². The predicted molar refractivity (Wildman–Crippen MR) is 104 cm³/mol. The van der Waals surface area contributed by atoms with Crippen molar-refractivity contribution in [2.24, 2.45) is 10.9 Å². The van der Waals surface area contributed by atoms with Crippen molar-refractivity contribution in [3.8, 4) is 0 Å². The highest BCUT2D eigenvalue weighted by atomic mass is 127. The quantitative estimate of drug-likeness (QED) is 0.442. The summed E-state index contributed by atoms with van der Waals surface area (Å²) in [5.74, 6) is 1.80. The second kappa shape index (κ2) is 8.04. The minimum absolute atomic E-state index is 0. The fourth-order valence-electron chi connectivity index (χ4n) is 3.05. The molecule has 5 heteroatoms. The number of aliphatic imine (C=N–C) groups is 1. The number of hydrogen-bond acceptors (Lipinski definition) is 2. The van der Waals surface area contributed by atoms with E-state index in [1.807, 2.05) is 7.05 Å². The van der Waals surface area contributed by atoms with Gasteiger partial charge in [0.15, 0.2) is 5.96 Å². The van der Waals surface area contributed by atoms with Crippen LogP contribution >= 0.6 is 24.0 Å². The third-order valence-corrected chi connectivity index (χ3v) is 4.47. The molecule has 0 saturated heterocycles. The highest BCUT2D eigenvalue weighted by Crippen LogP contribution is 2.31. The number of anilines is 1. The number of benzene rings is 1. The Morgan fingerprint density at radius 2 is 2.05 bits per heavy atom. The van der Waals surface area contributed by atoms with Crippen LogP contribution in [0.2, 0.25) is 0 Å². The van der Waals surface area contributed by atoms with Gasteiger partial charge in [-0.3, -0.25) is 4.99 Å². The predicted octanol–water partition coefficient (Wildman–Crippen LogP) is 2.63. The lowest BCUT2D eigenvalue weighted by atomic mass is 10.1. The molecule has 2 N–H and O–H groups in total. The van der Waals surface area contributed by atoms with Crippen LogP contribution in [0.25, 0.3) is 0 Å². The van der Waals surface area contributed by atoms with Gasteiger partial charge < -0.3 is 15.5 Å². The maximum Gasteiger partial charge on any atom is 0.191 e. The molecule has 4 nitrogen and oxygen atoms in total. The molecule has 0 amide bonds. The molecule has 0 radical (unpaired) electrons. The van der Waals surface area contributed by atoms with Crippen LogP contribution in [0.3, 0.4) is 0 Å². The van der Waals surface area contributed by atoms with Gasteiger partial charge >= 0.3 is 0 Å². The molecule has 0 spiro atoms. The second-order valence-corrected chi connectivity index (χ2v) is 6.20. The monoisotopic (exact) mass is 414 g/mol. The van der Waals surface area contributed by atoms with Gasteiger partial charge in [-0.05, 0) is 43.7 Å². The maximum atomic E-state index is 4.29. The lowest BCUT2D eigenvalue weighted by Crippen LogP contribution is -2.43. The first-order valence-corrected chi connectivity index (χ1v) is 8.07. The molecule has 3 rings (SSSR count). The van der Waals surface area contributed by atoms with Gasteiger partial charge in [-0.1, -0.05) is 18.2 Å². The molecule has 122 valence electrons. The number of para-hydroxylation sites is 1. The molecule has 2 aliphatic rings. The van der Waals surface area contributed by atoms with Crippen molar-refractivity contribution in [2.75, 3.05) is 31.6 Å². The van der Waals surface area contributed by atoms with E-state index in [1.54, 1.807) is 0 Å². The van der Waals surface area contributed by atoms with E-state index in [2.05, 4.69) is 51.7 Å². The zero-order valence-corrected chi connectivity index (χ0v) is 15.8. The van der Waals surface area contributed by atoms with Crippen LogP contribution in [-0.2, 0) is 6.42 Å². The fraction of sp³-hybridized carbons (Fsp3) is 0.588. The molecule has 1 saturated carbocycles. The highest BCUT2D eigenvalue weighted by molar-refractivity contribution is 14.0. The lowest BCUT2D eigenvalue weighted by molar-refractivity contribution is 0.654. The normalized spacial score (nSPS) is 20.4. The summed E-state index contributed by atoms with van der Waals surface area (Å²) in [7, 11) is 1.84. The van der Waals surface area contributed by atoms with Crippen molar-refractivity contribution in [2.45, 2.75) is 32.2 Å². The fourth-order valence-corrected chi connectivity index (χ4v) is 3.05. The molecule has 1 aromatic carbocycles. The molecule has 1 aliphatic carbocycles. The molecule has 1 aromatic rings. The minimum Gasteiger partial charge on any atom is -0.367 e. The average molecular weight is 414 g/mol. The average Bonchev–Trinajstić information content (AvgIpc) is 3.26. The first kappa shape index (κ1) is 17.4. The summed E-state index contributed by atoms with van der Waals surface area (Å²) in [5.41, 5.74) is 2.87. The summed E-state index contributed by atoms with van der Waals surface area (Å²) in [6.45, 7) is 5.30. The van der Waals surface area contributed by atoms with E-state index in [4.69, 9.17) is 0 Å². The zero-order valence-electron chi connectivity index (χ0n) is 13.5. The maximum absolute atomic E-state index is 4.29. The molecular formula is C17H27IN4. The Labute approximate surface area is 150 Å². The molecule has 1 atom stereocenters. The Hall–Kier alpha value is -0.980. The van der Waals surface area contributed by atoms with Crippen LogP contribution in [0.5, 0.6) is 0 Å². The van der Waals surface area contributed by atoms with E-state index in [0.717, 1.165) is 37.9 Å². The summed E-state index contributed by atoms with van der Waals surface area (Å²) in [4.78, 5) is 6.79. The van der Waals surface area contributed by atoms with E-state index < -0.39 is 0 Å². The van der Waals surface area contributed by atoms with Gasteiger partial charge in [0, 0.05) is 38.4 Å². The van der Waals surface area contributed by atoms with E-state index in [1.165, 1.54) is 24.1 Å². The number of nitrogens with zero attached hydrogens (tertiary/aromatic N) is 2. The van der Waals surface area contributed by atoms with Crippen molar-refractivity contribution in [1.29, 1.82) is 0 Å². The third-order valence-electron chi connectivity index (χ3n) is 4.47. The molecule has 1 unspecified atom stereocenters. The van der Waals surface area contributed by atoms with Gasteiger partial charge in [-0.2, -0.15) is 0 Å². The summed E-state index contributed by atoms with van der Waals surface area (Å²) in [6.07, 6.45) is 3.89. The van der Waals surface area contributed by atoms with Crippen molar-refractivity contribution in [3.63, 3.8) is 0 Å². The third kappa shape index (κ3) is 4.27. The Kier molecular flexibility index (Phi) is 6.35. The molecule has 1 heterocycles. The van der Waals surface area contributed by atoms with Crippen LogP contribution in [0, 0.1) is 5.92 Å². The van der Waals surface area contributed by atoms with Gasteiger partial charge in [-0.15, -0.1) is 24.0 Å². The summed E-state index contributed by atoms with van der Waals surface area (Å²) < 4.78 is 0. The number of rotatable bonds is 5. The second-order valence-electron chi connectivity index (χ2n) is 6.20. The summed E-state index contributed by atoms with van der Waals surface area (Å²) in [6, 6.07) is 9.34. The topological polar surface area (TPSA) is 39.7 Å². The van der Waals surface area contributed by atoms with Crippen LogP contribution in [0.4, 0.5) is 5.69 Å². The Balaban J connectivity index is 0.00000176. The minimum atomic E-state index is 0. The smallest absolute Gasteiger partial charge is 0.191 e. The summed E-state index contributed by atoms with van der Waals surface area (Å²) >= 11 is 0. The number of hydrogen-bond donors (Lipinski definition) is 2. The van der Waals surface area contributed by atoms with Gasteiger partial charge in [-0.25, -0.2) is 0 Å². The lowest BCUT2D eigenvalue weighted by Gasteiger charge is -2.25. The van der Waals surface area contributed by atoms with Gasteiger partial charge in [0.05, 0.1) is 0 Å². The Morgan fingerprint density at radius 1 is 1.27 bits per heavy atom. The molecule has 22 heavy (non-hydrogen) atoms. The number of guanidine groups is 1. The van der Waals surface area contributed by atoms with Gasteiger partial charge in [0.2, 0.25) is 0 Å². The Bertz CT molecular complexity index is 513. The van der Waals surface area contributed by atoms with Crippen LogP contribution in [-0.4, -0.2) is 38.7 Å². The highest BCUT2D eigenvalue weighted by Gasteiger charge is 2.25. The van der Waals surface area contributed by atoms with Crippen molar-refractivity contribution >= 4 is 35.6 Å². The number of fused-ring (bicyclic) bond motifs is 1. The van der Waals surface area contributed by atoms with Crippen LogP contribution in [0.15, 0.2) is 29.3 Å². The SMILES string of the molecule is CN=C(NCCN1c2ccccc2CC1C)NCC1CC1.I. The van der Waals surface area contributed by atoms with Crippen molar-refractivity contribution < 1.29 is 0 Å². The zero-order chi connectivity index (χ0) is 14.7. The summed E-state index contributed by atoms with van der Waals surface area (Å²) in [5, 5.41) is 6.84. The van der Waals surface area contributed by atoms with E-state index in [-0.39, 0.29) is 24.0 Å². The standard InChI is InChI=1S/C17H26N4.HI/c1-13-11-15-5-3-4-6-16(15)21(13)10-9-19-17(18-2)20-12-14-7-8-14;/h3-6,13-14H,7-12H2,1-2H3,(H2,18,19,20);1H. The van der Waals surface area contributed by atoms with E-state index in [9.17, 15) is 0 Å². The Morgan fingerprint density at radius 3 is 2.77 bits per heavy atom. The molecular weight excluding hydrogens is 387 g/mol. The largest absolute Gasteiger partial charge is 0.367 e. The molecule has 0 bridgehead atoms. The first-order valence-electron chi connectivity index (χ1n) is 8.07. The van der Waals surface area contributed by atoms with Crippen molar-refractivity contribution in [3.05, 3.63) is 29.8 Å². The number of halogens is 1. The molecule has 0 aromatic heterocycles. The van der Waals surface area contributed by atoms with Gasteiger partial charge in [0.25, 0.3) is 0 Å². The number of nitrogens with one attached hydrogen (secondary N) is 2. The first-order chi connectivity index (χ1) is 10.3. The van der Waals surface area contributed by atoms with Gasteiger partial charge in [0.1, 0.15) is 0 Å². The molecule has 1 aliphatic heterocycles. The van der Waals surface area contributed by atoms with Crippen molar-refractivity contribution in [1.82, 2.24) is 10.6 Å².